The van der Waals surface area contributed by atoms with E-state index in [1.807, 2.05) is 30.0 Å². The van der Waals surface area contributed by atoms with Crippen LogP contribution in [0.5, 0.6) is 0 Å². The van der Waals surface area contributed by atoms with Gasteiger partial charge in [-0.1, -0.05) is 44.2 Å². The minimum absolute atomic E-state index is 0.197. The van der Waals surface area contributed by atoms with Gasteiger partial charge in [-0.05, 0) is 12.0 Å². The van der Waals surface area contributed by atoms with Crippen molar-refractivity contribution in [3.8, 4) is 0 Å². The molecule has 20 heavy (non-hydrogen) atoms. The van der Waals surface area contributed by atoms with Crippen LogP contribution in [0.15, 0.2) is 30.3 Å². The number of aliphatic hydroxyl groups excluding tert-OH is 1. The summed E-state index contributed by atoms with van der Waals surface area (Å²) in [6.45, 7) is 7.28. The lowest BCUT2D eigenvalue weighted by Gasteiger charge is -2.36. The van der Waals surface area contributed by atoms with E-state index in [9.17, 15) is 5.11 Å². The Kier molecular flexibility index (Phi) is 5.90. The van der Waals surface area contributed by atoms with Gasteiger partial charge in [0, 0.05) is 36.2 Å². The maximum Gasteiger partial charge on any atom is 0.0820 e. The summed E-state index contributed by atoms with van der Waals surface area (Å²) in [5.41, 5.74) is 7.34. The summed E-state index contributed by atoms with van der Waals surface area (Å²) in [4.78, 5) is 2.35. The van der Waals surface area contributed by atoms with Crippen LogP contribution in [0.1, 0.15) is 19.4 Å². The highest BCUT2D eigenvalue weighted by atomic mass is 32.2. The third kappa shape index (κ3) is 4.77. The first-order valence-corrected chi connectivity index (χ1v) is 8.34. The number of nitrogens with zero attached hydrogens (tertiary/aromatic N) is 1. The molecule has 1 heterocycles. The molecule has 1 fully saturated rings. The molecule has 4 unspecified atom stereocenters. The molecule has 1 aliphatic rings. The van der Waals surface area contributed by atoms with Crippen LogP contribution in [-0.2, 0) is 6.42 Å². The van der Waals surface area contributed by atoms with Crippen molar-refractivity contribution in [1.82, 2.24) is 4.90 Å². The van der Waals surface area contributed by atoms with E-state index >= 15 is 0 Å². The summed E-state index contributed by atoms with van der Waals surface area (Å²) in [5.74, 6) is 0. The Bertz CT molecular complexity index is 391. The standard InChI is InChI=1S/C16H26N2OS/c1-12-9-18(10-13(2)20-12)11-16(19)15(17)8-14-6-4-3-5-7-14/h3-7,12-13,15-16,19H,8-11,17H2,1-2H3. The van der Waals surface area contributed by atoms with E-state index in [4.69, 9.17) is 5.73 Å². The summed E-state index contributed by atoms with van der Waals surface area (Å²) in [6, 6.07) is 9.96. The van der Waals surface area contributed by atoms with Crippen molar-refractivity contribution >= 4 is 11.8 Å². The molecule has 112 valence electrons. The quantitative estimate of drug-likeness (QED) is 0.868. The largest absolute Gasteiger partial charge is 0.390 e. The van der Waals surface area contributed by atoms with Crippen molar-refractivity contribution in [3.05, 3.63) is 35.9 Å². The third-order valence-corrected chi connectivity index (χ3v) is 4.98. The summed E-state index contributed by atoms with van der Waals surface area (Å²) in [7, 11) is 0. The number of hydrogen-bond acceptors (Lipinski definition) is 4. The SMILES string of the molecule is CC1CN(CC(O)C(N)Cc2ccccc2)CC(C)S1. The fourth-order valence-corrected chi connectivity index (χ4v) is 4.24. The average molecular weight is 294 g/mol. The first-order valence-electron chi connectivity index (χ1n) is 7.40. The van der Waals surface area contributed by atoms with Crippen molar-refractivity contribution in [2.24, 2.45) is 5.73 Å². The first kappa shape index (κ1) is 15.8. The van der Waals surface area contributed by atoms with E-state index in [2.05, 4.69) is 30.9 Å². The number of nitrogens with two attached hydrogens (primary N) is 1. The molecule has 0 radical (unpaired) electrons. The molecule has 0 saturated carbocycles. The van der Waals surface area contributed by atoms with Gasteiger partial charge in [0.05, 0.1) is 6.10 Å². The normalized spacial score (nSPS) is 27.2. The number of aliphatic hydroxyl groups is 1. The molecule has 0 aliphatic carbocycles. The predicted molar refractivity (Wildman–Crippen MR) is 87.1 cm³/mol. The highest BCUT2D eigenvalue weighted by molar-refractivity contribution is 8.00. The van der Waals surface area contributed by atoms with Gasteiger partial charge in [0.15, 0.2) is 0 Å². The van der Waals surface area contributed by atoms with Gasteiger partial charge < -0.3 is 10.8 Å². The molecular weight excluding hydrogens is 268 g/mol. The zero-order chi connectivity index (χ0) is 14.5. The zero-order valence-electron chi connectivity index (χ0n) is 12.4. The highest BCUT2D eigenvalue weighted by Crippen LogP contribution is 2.24. The van der Waals surface area contributed by atoms with Gasteiger partial charge >= 0.3 is 0 Å². The van der Waals surface area contributed by atoms with Crippen LogP contribution >= 0.6 is 11.8 Å². The van der Waals surface area contributed by atoms with Gasteiger partial charge in [-0.2, -0.15) is 11.8 Å². The Morgan fingerprint density at radius 3 is 2.45 bits per heavy atom. The average Bonchev–Trinajstić information content (AvgIpc) is 2.38. The first-order chi connectivity index (χ1) is 9.54. The Morgan fingerprint density at radius 2 is 1.85 bits per heavy atom. The Balaban J connectivity index is 1.83. The van der Waals surface area contributed by atoms with Crippen molar-refractivity contribution in [2.75, 3.05) is 19.6 Å². The second-order valence-electron chi connectivity index (χ2n) is 5.90. The second-order valence-corrected chi connectivity index (χ2v) is 7.78. The van der Waals surface area contributed by atoms with Crippen molar-refractivity contribution in [2.45, 2.75) is 42.9 Å². The molecule has 1 saturated heterocycles. The molecular formula is C16H26N2OS. The number of thioether (sulfide) groups is 1. The summed E-state index contributed by atoms with van der Waals surface area (Å²) in [5, 5.41) is 11.6. The lowest BCUT2D eigenvalue weighted by atomic mass is 10.0. The molecule has 3 nitrogen and oxygen atoms in total. The Morgan fingerprint density at radius 1 is 1.25 bits per heavy atom. The van der Waals surface area contributed by atoms with Crippen LogP contribution in [-0.4, -0.2) is 52.3 Å². The summed E-state index contributed by atoms with van der Waals surface area (Å²) < 4.78 is 0. The smallest absolute Gasteiger partial charge is 0.0820 e. The fraction of sp³-hybridized carbons (Fsp3) is 0.625. The minimum Gasteiger partial charge on any atom is -0.390 e. The summed E-state index contributed by atoms with van der Waals surface area (Å²) in [6.07, 6.45) is 0.271. The second kappa shape index (κ2) is 7.46. The highest BCUT2D eigenvalue weighted by Gasteiger charge is 2.25. The molecule has 1 aromatic rings. The van der Waals surface area contributed by atoms with Gasteiger partial charge in [-0.15, -0.1) is 0 Å². The number of rotatable bonds is 5. The molecule has 1 aromatic carbocycles. The van der Waals surface area contributed by atoms with Gasteiger partial charge in [0.1, 0.15) is 0 Å². The zero-order valence-corrected chi connectivity index (χ0v) is 13.2. The Labute approximate surface area is 126 Å². The minimum atomic E-state index is -0.460. The molecule has 4 heteroatoms. The van der Waals surface area contributed by atoms with Gasteiger partial charge in [-0.25, -0.2) is 0 Å². The van der Waals surface area contributed by atoms with Crippen LogP contribution in [0.3, 0.4) is 0 Å². The Hall–Kier alpha value is -0.550. The van der Waals surface area contributed by atoms with Crippen molar-refractivity contribution < 1.29 is 5.11 Å². The van der Waals surface area contributed by atoms with Crippen molar-refractivity contribution in [1.29, 1.82) is 0 Å². The van der Waals surface area contributed by atoms with Crippen LogP contribution in [0, 0.1) is 0 Å². The van der Waals surface area contributed by atoms with E-state index in [-0.39, 0.29) is 6.04 Å². The van der Waals surface area contributed by atoms with Crippen molar-refractivity contribution in [3.63, 3.8) is 0 Å². The molecule has 3 N–H and O–H groups in total. The van der Waals surface area contributed by atoms with Crippen LogP contribution in [0.2, 0.25) is 0 Å². The van der Waals surface area contributed by atoms with E-state index in [1.54, 1.807) is 0 Å². The number of hydrogen-bond donors (Lipinski definition) is 2. The molecule has 2 rings (SSSR count). The molecule has 0 aromatic heterocycles. The van der Waals surface area contributed by atoms with Crippen LogP contribution in [0.4, 0.5) is 0 Å². The van der Waals surface area contributed by atoms with E-state index in [0.29, 0.717) is 17.0 Å². The predicted octanol–water partition coefficient (Wildman–Crippen LogP) is 1.74. The topological polar surface area (TPSA) is 49.5 Å². The number of β-amino-alcohol motifs (C(OH)–C–C–N with tert-alkyl or cyclic N) is 1. The monoisotopic (exact) mass is 294 g/mol. The van der Waals surface area contributed by atoms with Gasteiger partial charge in [-0.3, -0.25) is 4.90 Å². The molecule has 1 aliphatic heterocycles. The maximum absolute atomic E-state index is 10.3. The van der Waals surface area contributed by atoms with Crippen LogP contribution < -0.4 is 5.73 Å². The maximum atomic E-state index is 10.3. The van der Waals surface area contributed by atoms with Gasteiger partial charge in [0.25, 0.3) is 0 Å². The number of benzene rings is 1. The lowest BCUT2D eigenvalue weighted by Crippen LogP contribution is -2.49. The third-order valence-electron chi connectivity index (χ3n) is 3.75. The van der Waals surface area contributed by atoms with E-state index in [1.165, 1.54) is 5.56 Å². The van der Waals surface area contributed by atoms with E-state index < -0.39 is 6.10 Å². The molecule has 4 atom stereocenters. The van der Waals surface area contributed by atoms with E-state index in [0.717, 1.165) is 19.5 Å². The molecule has 0 bridgehead atoms. The molecule has 0 amide bonds. The summed E-state index contributed by atoms with van der Waals surface area (Å²) >= 11 is 2.03. The molecule has 0 spiro atoms. The van der Waals surface area contributed by atoms with Crippen LogP contribution in [0.25, 0.3) is 0 Å². The lowest BCUT2D eigenvalue weighted by molar-refractivity contribution is 0.0901. The fourth-order valence-electron chi connectivity index (χ4n) is 2.86. The van der Waals surface area contributed by atoms with Gasteiger partial charge in [0.2, 0.25) is 0 Å².